The smallest absolute Gasteiger partial charge is 0.155 e. The van der Waals surface area contributed by atoms with Crippen LogP contribution in [0.4, 0.5) is 0 Å². The second-order valence-electron chi connectivity index (χ2n) is 1.89. The third-order valence-electron chi connectivity index (χ3n) is 0.487. The van der Waals surface area contributed by atoms with Crippen LogP contribution in [0.3, 0.4) is 0 Å². The molecule has 0 saturated carbocycles. The lowest BCUT2D eigenvalue weighted by Crippen LogP contribution is -2.03. The number of aliphatic hydroxyl groups excluding tert-OH is 3. The van der Waals surface area contributed by atoms with Crippen molar-refractivity contribution in [2.24, 2.45) is 0 Å². The van der Waals surface area contributed by atoms with Gasteiger partial charge in [0.2, 0.25) is 0 Å². The molecule has 0 fully saturated rings. The van der Waals surface area contributed by atoms with Crippen LogP contribution in [-0.4, -0.2) is 40.4 Å². The van der Waals surface area contributed by atoms with Crippen molar-refractivity contribution >= 4 is 5.78 Å². The Morgan fingerprint density at radius 3 is 1.70 bits per heavy atom. The van der Waals surface area contributed by atoms with Crippen LogP contribution in [0.15, 0.2) is 0 Å². The summed E-state index contributed by atoms with van der Waals surface area (Å²) in [4.78, 5) is 9.56. The van der Waals surface area contributed by atoms with Crippen LogP contribution in [0.1, 0.15) is 13.8 Å². The topological polar surface area (TPSA) is 77.8 Å². The van der Waals surface area contributed by atoms with E-state index >= 15 is 0 Å². The average Bonchev–Trinajstić information content (AvgIpc) is 1.89. The largest absolute Gasteiger partial charge is 0.394 e. The van der Waals surface area contributed by atoms with E-state index in [0.717, 1.165) is 0 Å². The molecule has 0 amide bonds. The van der Waals surface area contributed by atoms with Crippen LogP contribution in [0, 0.1) is 0 Å². The molecule has 1 atom stereocenters. The summed E-state index contributed by atoms with van der Waals surface area (Å²) in [5, 5.41) is 23.8. The fraction of sp³-hybridized carbons (Fsp3) is 0.833. The van der Waals surface area contributed by atoms with Gasteiger partial charge in [0.15, 0.2) is 5.78 Å². The molecule has 0 aliphatic heterocycles. The highest BCUT2D eigenvalue weighted by Gasteiger charge is 1.83. The third-order valence-corrected chi connectivity index (χ3v) is 0.487. The lowest BCUT2D eigenvalue weighted by Gasteiger charge is -1.90. The van der Waals surface area contributed by atoms with Crippen LogP contribution >= 0.6 is 0 Å². The summed E-state index contributed by atoms with van der Waals surface area (Å²) in [5.41, 5.74) is 0. The van der Waals surface area contributed by atoms with Crippen LogP contribution < -0.4 is 0 Å². The lowest BCUT2D eigenvalue weighted by atomic mass is 10.5. The van der Waals surface area contributed by atoms with Gasteiger partial charge in [0, 0.05) is 0 Å². The van der Waals surface area contributed by atoms with E-state index in [2.05, 4.69) is 0 Å². The van der Waals surface area contributed by atoms with Gasteiger partial charge in [-0.05, 0) is 13.8 Å². The van der Waals surface area contributed by atoms with Crippen molar-refractivity contribution in [2.45, 2.75) is 20.0 Å². The van der Waals surface area contributed by atoms with Gasteiger partial charge >= 0.3 is 0 Å². The lowest BCUT2D eigenvalue weighted by molar-refractivity contribution is -0.119. The first kappa shape index (κ1) is 12.2. The predicted octanol–water partition coefficient (Wildman–Crippen LogP) is -1.07. The minimum atomic E-state index is -0.560. The molecule has 0 heterocycles. The number of aliphatic hydroxyl groups is 3. The molecule has 0 aromatic carbocycles. The fourth-order valence-corrected chi connectivity index (χ4v) is 0. The summed E-state index contributed by atoms with van der Waals surface area (Å²) in [5.74, 6) is -0.190. The number of rotatable bonds is 2. The normalized spacial score (nSPS) is 11.3. The second kappa shape index (κ2) is 8.55. The molecular weight excluding hydrogens is 136 g/mol. The van der Waals surface area contributed by atoms with Gasteiger partial charge < -0.3 is 15.3 Å². The zero-order valence-corrected chi connectivity index (χ0v) is 6.24. The molecule has 4 nitrogen and oxygen atoms in total. The van der Waals surface area contributed by atoms with Crippen molar-refractivity contribution in [1.82, 2.24) is 0 Å². The predicted molar refractivity (Wildman–Crippen MR) is 36.5 cm³/mol. The maximum absolute atomic E-state index is 9.56. The van der Waals surface area contributed by atoms with E-state index in [4.69, 9.17) is 15.3 Å². The minimum absolute atomic E-state index is 0.139. The Bertz CT molecular complexity index is 79.8. The molecule has 0 aromatic rings. The summed E-state index contributed by atoms with van der Waals surface area (Å²) in [7, 11) is 0. The van der Waals surface area contributed by atoms with Crippen LogP contribution in [-0.2, 0) is 4.79 Å². The van der Waals surface area contributed by atoms with Crippen molar-refractivity contribution in [2.75, 3.05) is 13.2 Å². The van der Waals surface area contributed by atoms with Gasteiger partial charge in [0.1, 0.15) is 6.61 Å². The van der Waals surface area contributed by atoms with Gasteiger partial charge in [-0.25, -0.2) is 0 Å². The Kier molecular flexibility index (Phi) is 10.5. The summed E-state index contributed by atoms with van der Waals surface area (Å²) >= 11 is 0. The quantitative estimate of drug-likeness (QED) is 0.468. The van der Waals surface area contributed by atoms with E-state index in [9.17, 15) is 4.79 Å². The molecule has 4 heteroatoms. The first-order valence-electron chi connectivity index (χ1n) is 2.93. The monoisotopic (exact) mass is 150 g/mol. The standard InChI is InChI=1S/C3H8O2.C3H6O2/c2*1-3(5)2-4/h3-5H,2H2,1H3;4H,2H2,1H3. The Labute approximate surface area is 60.1 Å². The highest BCUT2D eigenvalue weighted by atomic mass is 16.3. The van der Waals surface area contributed by atoms with E-state index in [-0.39, 0.29) is 19.0 Å². The third kappa shape index (κ3) is 25.7. The molecule has 1 unspecified atom stereocenters. The Morgan fingerprint density at radius 1 is 1.50 bits per heavy atom. The fourth-order valence-electron chi connectivity index (χ4n) is 0. The maximum atomic E-state index is 9.56. The van der Waals surface area contributed by atoms with Gasteiger partial charge in [-0.3, -0.25) is 4.79 Å². The van der Waals surface area contributed by atoms with E-state index in [1.165, 1.54) is 13.8 Å². The molecule has 0 bridgehead atoms. The van der Waals surface area contributed by atoms with E-state index in [0.29, 0.717) is 0 Å². The molecule has 0 spiro atoms. The van der Waals surface area contributed by atoms with Crippen molar-refractivity contribution in [3.63, 3.8) is 0 Å². The zero-order chi connectivity index (χ0) is 8.57. The highest BCUT2D eigenvalue weighted by molar-refractivity contribution is 5.76. The minimum Gasteiger partial charge on any atom is -0.394 e. The first-order valence-corrected chi connectivity index (χ1v) is 2.93. The molecule has 0 aliphatic carbocycles. The van der Waals surface area contributed by atoms with Crippen molar-refractivity contribution in [3.05, 3.63) is 0 Å². The van der Waals surface area contributed by atoms with Crippen LogP contribution in [0.2, 0.25) is 0 Å². The van der Waals surface area contributed by atoms with Gasteiger partial charge in [0.25, 0.3) is 0 Å². The van der Waals surface area contributed by atoms with Gasteiger partial charge in [0.05, 0.1) is 12.7 Å². The number of ketones is 1. The molecule has 0 aliphatic rings. The number of hydrogen-bond donors (Lipinski definition) is 3. The summed E-state index contributed by atoms with van der Waals surface area (Å²) in [6, 6.07) is 0. The molecular formula is C6H14O4. The SMILES string of the molecule is CC(=O)CO.CC(O)CO. The van der Waals surface area contributed by atoms with E-state index < -0.39 is 6.10 Å². The molecule has 3 N–H and O–H groups in total. The van der Waals surface area contributed by atoms with Crippen LogP contribution in [0.5, 0.6) is 0 Å². The van der Waals surface area contributed by atoms with Crippen molar-refractivity contribution < 1.29 is 20.1 Å². The van der Waals surface area contributed by atoms with Crippen LogP contribution in [0.25, 0.3) is 0 Å². The van der Waals surface area contributed by atoms with Gasteiger partial charge in [-0.15, -0.1) is 0 Å². The van der Waals surface area contributed by atoms with Gasteiger partial charge in [-0.2, -0.15) is 0 Å². The summed E-state index contributed by atoms with van der Waals surface area (Å²) in [6.07, 6.45) is -0.560. The molecule has 62 valence electrons. The number of Topliss-reactive ketones (excluding diaryl/α,β-unsaturated/α-hetero) is 1. The van der Waals surface area contributed by atoms with Crippen molar-refractivity contribution in [1.29, 1.82) is 0 Å². The zero-order valence-electron chi connectivity index (χ0n) is 6.24. The first-order chi connectivity index (χ1) is 4.54. The Morgan fingerprint density at radius 2 is 1.70 bits per heavy atom. The molecule has 0 aromatic heterocycles. The molecule has 0 radical (unpaired) electrons. The summed E-state index contributed by atoms with van der Waals surface area (Å²) < 4.78 is 0. The van der Waals surface area contributed by atoms with Gasteiger partial charge in [-0.1, -0.05) is 0 Å². The molecule has 10 heavy (non-hydrogen) atoms. The van der Waals surface area contributed by atoms with Crippen molar-refractivity contribution in [3.8, 4) is 0 Å². The highest BCUT2D eigenvalue weighted by Crippen LogP contribution is 1.68. The van der Waals surface area contributed by atoms with E-state index in [1.807, 2.05) is 0 Å². The maximum Gasteiger partial charge on any atom is 0.155 e. The Balaban J connectivity index is 0. The molecule has 0 saturated heterocycles. The summed E-state index contributed by atoms with van der Waals surface area (Å²) in [6.45, 7) is 2.39. The molecule has 0 rings (SSSR count). The number of hydrogen-bond acceptors (Lipinski definition) is 4. The Hall–Kier alpha value is -0.450. The number of carbonyl (C=O) groups excluding carboxylic acids is 1. The second-order valence-corrected chi connectivity index (χ2v) is 1.89. The average molecular weight is 150 g/mol. The van der Waals surface area contributed by atoms with E-state index in [1.54, 1.807) is 0 Å². The number of carbonyl (C=O) groups is 1.